The molecule has 0 amide bonds. The Morgan fingerprint density at radius 3 is 3.00 bits per heavy atom. The lowest BCUT2D eigenvalue weighted by Crippen LogP contribution is -2.06. The Hall–Kier alpha value is -1.76. The fourth-order valence-corrected chi connectivity index (χ4v) is 2.16. The van der Waals surface area contributed by atoms with Crippen LogP contribution in [0.4, 0.5) is 0 Å². The molecule has 7 heteroatoms. The van der Waals surface area contributed by atoms with E-state index in [1.165, 1.54) is 0 Å². The highest BCUT2D eigenvalue weighted by atomic mass is 79.9. The molecule has 0 fully saturated rings. The van der Waals surface area contributed by atoms with Crippen molar-refractivity contribution in [1.29, 1.82) is 0 Å². The average Bonchev–Trinajstić information content (AvgIpc) is 2.80. The minimum atomic E-state index is -0.814. The number of carboxylic acids is 1. The van der Waals surface area contributed by atoms with E-state index in [2.05, 4.69) is 31.5 Å². The summed E-state index contributed by atoms with van der Waals surface area (Å²) >= 11 is 3.47. The Bertz CT molecular complexity index is 597. The number of hydrogen-bond acceptors (Lipinski definition) is 4. The fraction of sp³-hybridized carbons (Fsp3) is 0.333. The van der Waals surface area contributed by atoms with E-state index < -0.39 is 5.97 Å². The monoisotopic (exact) mass is 324 g/mol. The van der Waals surface area contributed by atoms with Crippen LogP contribution in [0, 0.1) is 6.92 Å². The first-order valence-electron chi connectivity index (χ1n) is 5.82. The van der Waals surface area contributed by atoms with Gasteiger partial charge >= 0.3 is 5.97 Å². The van der Waals surface area contributed by atoms with Gasteiger partial charge < -0.3 is 5.11 Å². The van der Waals surface area contributed by atoms with Gasteiger partial charge in [-0.2, -0.15) is 0 Å². The van der Waals surface area contributed by atoms with Gasteiger partial charge in [-0.3, -0.25) is 4.79 Å². The van der Waals surface area contributed by atoms with Gasteiger partial charge in [0.25, 0.3) is 0 Å². The van der Waals surface area contributed by atoms with Gasteiger partial charge in [-0.15, -0.1) is 5.10 Å². The summed E-state index contributed by atoms with van der Waals surface area (Å²) in [4.78, 5) is 10.5. The lowest BCUT2D eigenvalue weighted by Gasteiger charge is -2.06. The maximum Gasteiger partial charge on any atom is 0.303 e. The number of carboxylic acid groups (broad SMARTS) is 1. The molecule has 0 aliphatic carbocycles. The van der Waals surface area contributed by atoms with Crippen molar-refractivity contribution in [3.05, 3.63) is 28.2 Å². The van der Waals surface area contributed by atoms with Crippen molar-refractivity contribution in [1.82, 2.24) is 20.2 Å². The first kappa shape index (κ1) is 13.7. The molecule has 100 valence electrons. The summed E-state index contributed by atoms with van der Waals surface area (Å²) in [6.45, 7) is 2.48. The molecule has 19 heavy (non-hydrogen) atoms. The topological polar surface area (TPSA) is 80.9 Å². The number of hydrogen-bond donors (Lipinski definition) is 1. The van der Waals surface area contributed by atoms with Crippen LogP contribution >= 0.6 is 15.9 Å². The molecule has 0 atom stereocenters. The fourth-order valence-electron chi connectivity index (χ4n) is 1.74. The average molecular weight is 325 g/mol. The minimum absolute atomic E-state index is 0.105. The molecule has 2 aromatic rings. The SMILES string of the molecule is Cc1ccc(Br)c(-c2nnnn2CCCC(=O)O)c1. The highest BCUT2D eigenvalue weighted by Gasteiger charge is 2.12. The van der Waals surface area contributed by atoms with E-state index in [1.54, 1.807) is 4.68 Å². The largest absolute Gasteiger partial charge is 0.481 e. The molecule has 6 nitrogen and oxygen atoms in total. The summed E-state index contributed by atoms with van der Waals surface area (Å²) in [5, 5.41) is 20.2. The van der Waals surface area contributed by atoms with Gasteiger partial charge in [0.1, 0.15) is 0 Å². The van der Waals surface area contributed by atoms with Gasteiger partial charge in [-0.25, -0.2) is 4.68 Å². The maximum absolute atomic E-state index is 10.5. The van der Waals surface area contributed by atoms with E-state index in [9.17, 15) is 4.79 Å². The molecule has 1 aromatic heterocycles. The predicted octanol–water partition coefficient (Wildman–Crippen LogP) is 2.28. The lowest BCUT2D eigenvalue weighted by molar-refractivity contribution is -0.137. The molecule has 0 aliphatic rings. The smallest absolute Gasteiger partial charge is 0.303 e. The first-order valence-corrected chi connectivity index (χ1v) is 6.61. The lowest BCUT2D eigenvalue weighted by atomic mass is 10.1. The Labute approximate surface area is 118 Å². The molecule has 0 radical (unpaired) electrons. The van der Waals surface area contributed by atoms with E-state index >= 15 is 0 Å². The van der Waals surface area contributed by atoms with Crippen LogP contribution in [0.5, 0.6) is 0 Å². The Kier molecular flexibility index (Phi) is 4.26. The number of halogens is 1. The predicted molar refractivity (Wildman–Crippen MR) is 72.6 cm³/mol. The number of rotatable bonds is 5. The second-order valence-electron chi connectivity index (χ2n) is 4.21. The Morgan fingerprint density at radius 2 is 2.26 bits per heavy atom. The van der Waals surface area contributed by atoms with E-state index in [4.69, 9.17) is 5.11 Å². The molecular formula is C12H13BrN4O2. The van der Waals surface area contributed by atoms with Crippen molar-refractivity contribution in [2.24, 2.45) is 0 Å². The first-order chi connectivity index (χ1) is 9.08. The van der Waals surface area contributed by atoms with Gasteiger partial charge in [-0.05, 0) is 35.9 Å². The highest BCUT2D eigenvalue weighted by Crippen LogP contribution is 2.27. The molecule has 0 saturated heterocycles. The van der Waals surface area contributed by atoms with Crippen LogP contribution in [0.25, 0.3) is 11.4 Å². The zero-order valence-electron chi connectivity index (χ0n) is 10.4. The summed E-state index contributed by atoms with van der Waals surface area (Å²) in [5.41, 5.74) is 2.01. The zero-order chi connectivity index (χ0) is 13.8. The van der Waals surface area contributed by atoms with Crippen LogP contribution in [-0.2, 0) is 11.3 Å². The van der Waals surface area contributed by atoms with Gasteiger partial charge in [0.2, 0.25) is 0 Å². The van der Waals surface area contributed by atoms with Crippen LogP contribution in [0.2, 0.25) is 0 Å². The summed E-state index contributed by atoms with van der Waals surface area (Å²) in [6, 6.07) is 5.93. The van der Waals surface area contributed by atoms with Crippen molar-refractivity contribution >= 4 is 21.9 Å². The third-order valence-corrected chi connectivity index (χ3v) is 3.35. The summed E-state index contributed by atoms with van der Waals surface area (Å²) < 4.78 is 2.54. The second kappa shape index (κ2) is 5.92. The molecule has 0 saturated carbocycles. The van der Waals surface area contributed by atoms with Crippen LogP contribution in [-0.4, -0.2) is 31.3 Å². The Balaban J connectivity index is 2.23. The third-order valence-electron chi connectivity index (χ3n) is 2.66. The number of aryl methyl sites for hydroxylation is 2. The quantitative estimate of drug-likeness (QED) is 0.912. The van der Waals surface area contributed by atoms with E-state index in [1.807, 2.05) is 25.1 Å². The summed E-state index contributed by atoms with van der Waals surface area (Å²) in [7, 11) is 0. The van der Waals surface area contributed by atoms with Gasteiger partial charge in [0.05, 0.1) is 0 Å². The third kappa shape index (κ3) is 3.37. The van der Waals surface area contributed by atoms with Gasteiger partial charge in [0, 0.05) is 23.0 Å². The second-order valence-corrected chi connectivity index (χ2v) is 5.06. The van der Waals surface area contributed by atoms with E-state index in [0.717, 1.165) is 15.6 Å². The normalized spacial score (nSPS) is 10.6. The Morgan fingerprint density at radius 1 is 1.47 bits per heavy atom. The van der Waals surface area contributed by atoms with Crippen molar-refractivity contribution in [3.63, 3.8) is 0 Å². The van der Waals surface area contributed by atoms with Crippen molar-refractivity contribution in [2.75, 3.05) is 0 Å². The molecule has 0 spiro atoms. The summed E-state index contributed by atoms with van der Waals surface area (Å²) in [6.07, 6.45) is 0.602. The number of benzene rings is 1. The number of aromatic nitrogens is 4. The minimum Gasteiger partial charge on any atom is -0.481 e. The number of aliphatic carboxylic acids is 1. The van der Waals surface area contributed by atoms with Gasteiger partial charge in [-0.1, -0.05) is 27.6 Å². The maximum atomic E-state index is 10.5. The van der Waals surface area contributed by atoms with Crippen molar-refractivity contribution in [3.8, 4) is 11.4 Å². The molecule has 2 rings (SSSR count). The van der Waals surface area contributed by atoms with Crippen molar-refractivity contribution < 1.29 is 9.90 Å². The standard InChI is InChI=1S/C12H13BrN4O2/c1-8-4-5-10(13)9(7-8)12-14-15-16-17(12)6-2-3-11(18)19/h4-5,7H,2-3,6H2,1H3,(H,18,19). The molecule has 0 unspecified atom stereocenters. The van der Waals surface area contributed by atoms with E-state index in [-0.39, 0.29) is 6.42 Å². The highest BCUT2D eigenvalue weighted by molar-refractivity contribution is 9.10. The van der Waals surface area contributed by atoms with Crippen LogP contribution in [0.1, 0.15) is 18.4 Å². The van der Waals surface area contributed by atoms with Gasteiger partial charge in [0.15, 0.2) is 5.82 Å². The van der Waals surface area contributed by atoms with Crippen LogP contribution in [0.3, 0.4) is 0 Å². The zero-order valence-corrected chi connectivity index (χ0v) is 12.0. The molecule has 1 N–H and O–H groups in total. The number of tetrazole rings is 1. The van der Waals surface area contributed by atoms with Crippen molar-refractivity contribution in [2.45, 2.75) is 26.3 Å². The number of carbonyl (C=O) groups is 1. The van der Waals surface area contributed by atoms with Crippen LogP contribution < -0.4 is 0 Å². The number of nitrogens with zero attached hydrogens (tertiary/aromatic N) is 4. The molecule has 1 aromatic carbocycles. The van der Waals surface area contributed by atoms with Crippen LogP contribution in [0.15, 0.2) is 22.7 Å². The molecular weight excluding hydrogens is 312 g/mol. The van der Waals surface area contributed by atoms with E-state index in [0.29, 0.717) is 18.8 Å². The molecule has 0 aliphatic heterocycles. The molecule has 0 bridgehead atoms. The molecule has 1 heterocycles. The summed E-state index contributed by atoms with van der Waals surface area (Å²) in [5.74, 6) is -0.174.